The summed E-state index contributed by atoms with van der Waals surface area (Å²) in [5.41, 5.74) is 0. The van der Waals surface area contributed by atoms with E-state index in [1.165, 1.54) is 12.8 Å². The Hall–Kier alpha value is -1.58. The summed E-state index contributed by atoms with van der Waals surface area (Å²) in [6.45, 7) is 10.1. The number of aliphatic carboxylic acids is 1. The summed E-state index contributed by atoms with van der Waals surface area (Å²) in [7, 11) is 0. The normalized spacial score (nSPS) is 12.2. The molecule has 140 valence electrons. The predicted octanol–water partition coefficient (Wildman–Crippen LogP) is 5.39. The minimum absolute atomic E-state index is 0.0137. The van der Waals surface area contributed by atoms with Crippen molar-refractivity contribution in [3.8, 4) is 0 Å². The van der Waals surface area contributed by atoms with Crippen LogP contribution in [0.5, 0.6) is 0 Å². The summed E-state index contributed by atoms with van der Waals surface area (Å²) in [6.07, 6.45) is 14.1. The highest BCUT2D eigenvalue weighted by Gasteiger charge is 2.07. The van der Waals surface area contributed by atoms with Crippen molar-refractivity contribution in [1.29, 1.82) is 0 Å². The van der Waals surface area contributed by atoms with E-state index in [9.17, 15) is 9.59 Å². The number of carboxylic acid groups (broad SMARTS) is 1. The smallest absolute Gasteiger partial charge is 0.308 e. The lowest BCUT2D eigenvalue weighted by Gasteiger charge is -2.04. The van der Waals surface area contributed by atoms with Crippen LogP contribution in [-0.4, -0.2) is 23.7 Å². The van der Waals surface area contributed by atoms with E-state index in [4.69, 9.17) is 9.84 Å². The summed E-state index contributed by atoms with van der Waals surface area (Å²) in [5.74, 6) is -1.09. The lowest BCUT2D eigenvalue weighted by molar-refractivity contribution is -0.147. The summed E-state index contributed by atoms with van der Waals surface area (Å²) in [5, 5.41) is 8.55. The van der Waals surface area contributed by atoms with E-state index in [1.54, 1.807) is 6.92 Å². The van der Waals surface area contributed by atoms with Crippen molar-refractivity contribution in [2.75, 3.05) is 6.61 Å². The van der Waals surface area contributed by atoms with Gasteiger partial charge in [0.1, 0.15) is 0 Å². The van der Waals surface area contributed by atoms with Crippen LogP contribution in [0.3, 0.4) is 0 Å². The van der Waals surface area contributed by atoms with E-state index in [-0.39, 0.29) is 17.8 Å². The first-order valence-corrected chi connectivity index (χ1v) is 9.06. The molecule has 0 saturated carbocycles. The Bertz CT molecular complexity index is 370. The molecule has 0 radical (unpaired) electrons. The lowest BCUT2D eigenvalue weighted by Crippen LogP contribution is -2.11. The first-order valence-electron chi connectivity index (χ1n) is 9.06. The molecular formula is C20H36O4. The molecule has 4 nitrogen and oxygen atoms in total. The van der Waals surface area contributed by atoms with E-state index in [2.05, 4.69) is 26.0 Å². The molecule has 0 saturated heterocycles. The van der Waals surface area contributed by atoms with E-state index in [1.807, 2.05) is 26.0 Å². The van der Waals surface area contributed by atoms with Gasteiger partial charge < -0.3 is 9.84 Å². The summed E-state index contributed by atoms with van der Waals surface area (Å²) < 4.78 is 4.96. The highest BCUT2D eigenvalue weighted by atomic mass is 16.5. The van der Waals surface area contributed by atoms with Crippen molar-refractivity contribution in [2.45, 2.75) is 73.1 Å². The maximum atomic E-state index is 10.9. The molecule has 4 heteroatoms. The van der Waals surface area contributed by atoms with Crippen LogP contribution < -0.4 is 0 Å². The second-order valence-corrected chi connectivity index (χ2v) is 6.08. The standard InChI is InChI=1S/2C10H18O2/c1-4-5-6-7-8-12-10(11)9(2)3;1-3-4-5-6-7-8-9(2)10(11)12/h5-6,9H,4,7-8H2,1-3H3;6-7,9H,3-5,8H2,1-2H3,(H,11,12)/b6-5-;7-6-. The number of hydrogen-bond acceptors (Lipinski definition) is 3. The van der Waals surface area contributed by atoms with Crippen LogP contribution in [0.2, 0.25) is 0 Å². The summed E-state index contributed by atoms with van der Waals surface area (Å²) in [6, 6.07) is 0. The molecule has 0 spiro atoms. The van der Waals surface area contributed by atoms with E-state index in [0.717, 1.165) is 19.3 Å². The highest BCUT2D eigenvalue weighted by molar-refractivity contribution is 5.71. The van der Waals surface area contributed by atoms with Crippen LogP contribution in [0, 0.1) is 11.8 Å². The second kappa shape index (κ2) is 17.8. The van der Waals surface area contributed by atoms with Crippen LogP contribution in [0.1, 0.15) is 73.1 Å². The zero-order valence-electron chi connectivity index (χ0n) is 16.1. The SMILES string of the molecule is CC/C=C\CCOC(=O)C(C)C.CCCC/C=C\CC(C)C(=O)O. The predicted molar refractivity (Wildman–Crippen MR) is 99.9 cm³/mol. The maximum absolute atomic E-state index is 10.9. The third kappa shape index (κ3) is 18.5. The van der Waals surface area contributed by atoms with Crippen LogP contribution in [0.25, 0.3) is 0 Å². The first kappa shape index (κ1) is 24.7. The van der Waals surface area contributed by atoms with Gasteiger partial charge in [0.25, 0.3) is 0 Å². The third-order valence-electron chi connectivity index (χ3n) is 3.20. The fourth-order valence-electron chi connectivity index (χ4n) is 1.52. The van der Waals surface area contributed by atoms with Gasteiger partial charge in [0, 0.05) is 0 Å². The number of hydrogen-bond donors (Lipinski definition) is 1. The third-order valence-corrected chi connectivity index (χ3v) is 3.20. The number of allylic oxidation sites excluding steroid dienone is 3. The molecule has 24 heavy (non-hydrogen) atoms. The molecule has 1 unspecified atom stereocenters. The molecule has 0 aromatic carbocycles. The zero-order chi connectivity index (χ0) is 18.8. The lowest BCUT2D eigenvalue weighted by atomic mass is 10.1. The summed E-state index contributed by atoms with van der Waals surface area (Å²) >= 11 is 0. The van der Waals surface area contributed by atoms with Gasteiger partial charge in [0.2, 0.25) is 0 Å². The second-order valence-electron chi connectivity index (χ2n) is 6.08. The van der Waals surface area contributed by atoms with Gasteiger partial charge in [-0.25, -0.2) is 0 Å². The number of carbonyl (C=O) groups is 2. The Labute approximate surface area is 148 Å². The van der Waals surface area contributed by atoms with Crippen molar-refractivity contribution < 1.29 is 19.4 Å². The van der Waals surface area contributed by atoms with Crippen molar-refractivity contribution in [2.24, 2.45) is 11.8 Å². The van der Waals surface area contributed by atoms with Gasteiger partial charge in [0.15, 0.2) is 0 Å². The average molecular weight is 341 g/mol. The molecular weight excluding hydrogens is 304 g/mol. The molecule has 1 N–H and O–H groups in total. The monoisotopic (exact) mass is 340 g/mol. The number of unbranched alkanes of at least 4 members (excludes halogenated alkanes) is 2. The van der Waals surface area contributed by atoms with Crippen molar-refractivity contribution in [3.05, 3.63) is 24.3 Å². The molecule has 0 amide bonds. The Morgan fingerprint density at radius 1 is 1.00 bits per heavy atom. The van der Waals surface area contributed by atoms with E-state index < -0.39 is 5.97 Å². The molecule has 0 aromatic heterocycles. The summed E-state index contributed by atoms with van der Waals surface area (Å²) in [4.78, 5) is 21.3. The number of carboxylic acids is 1. The first-order chi connectivity index (χ1) is 11.4. The number of carbonyl (C=O) groups excluding carboxylic acids is 1. The Balaban J connectivity index is 0. The van der Waals surface area contributed by atoms with Gasteiger partial charge in [-0.3, -0.25) is 9.59 Å². The van der Waals surface area contributed by atoms with Gasteiger partial charge in [-0.05, 0) is 25.7 Å². The van der Waals surface area contributed by atoms with Crippen molar-refractivity contribution in [1.82, 2.24) is 0 Å². The minimum atomic E-state index is -0.713. The number of esters is 1. The Morgan fingerprint density at radius 2 is 1.62 bits per heavy atom. The van der Waals surface area contributed by atoms with Gasteiger partial charge in [-0.1, -0.05) is 71.8 Å². The molecule has 0 aliphatic rings. The van der Waals surface area contributed by atoms with Gasteiger partial charge in [-0.15, -0.1) is 0 Å². The molecule has 0 bridgehead atoms. The number of rotatable bonds is 11. The van der Waals surface area contributed by atoms with E-state index in [0.29, 0.717) is 13.0 Å². The topological polar surface area (TPSA) is 63.6 Å². The molecule has 0 heterocycles. The minimum Gasteiger partial charge on any atom is -0.481 e. The van der Waals surface area contributed by atoms with E-state index >= 15 is 0 Å². The van der Waals surface area contributed by atoms with Gasteiger partial charge >= 0.3 is 11.9 Å². The largest absolute Gasteiger partial charge is 0.481 e. The molecule has 0 aromatic rings. The van der Waals surface area contributed by atoms with Crippen molar-refractivity contribution in [3.63, 3.8) is 0 Å². The molecule has 0 aliphatic carbocycles. The Kier molecular flexibility index (Phi) is 18.3. The fraction of sp³-hybridized carbons (Fsp3) is 0.700. The maximum Gasteiger partial charge on any atom is 0.308 e. The highest BCUT2D eigenvalue weighted by Crippen LogP contribution is 2.04. The van der Waals surface area contributed by atoms with Gasteiger partial charge in [-0.2, -0.15) is 0 Å². The molecule has 1 atom stereocenters. The number of ether oxygens (including phenoxy) is 1. The van der Waals surface area contributed by atoms with Crippen LogP contribution >= 0.6 is 0 Å². The Morgan fingerprint density at radius 3 is 2.12 bits per heavy atom. The molecule has 0 rings (SSSR count). The fourth-order valence-corrected chi connectivity index (χ4v) is 1.52. The van der Waals surface area contributed by atoms with Crippen LogP contribution in [0.15, 0.2) is 24.3 Å². The molecule has 0 fully saturated rings. The zero-order valence-corrected chi connectivity index (χ0v) is 16.1. The van der Waals surface area contributed by atoms with Crippen LogP contribution in [0.4, 0.5) is 0 Å². The van der Waals surface area contributed by atoms with Gasteiger partial charge in [0.05, 0.1) is 18.4 Å². The molecule has 0 aliphatic heterocycles. The quantitative estimate of drug-likeness (QED) is 0.311. The van der Waals surface area contributed by atoms with Crippen LogP contribution in [-0.2, 0) is 14.3 Å². The average Bonchev–Trinajstić information content (AvgIpc) is 2.54. The van der Waals surface area contributed by atoms with Crippen molar-refractivity contribution >= 4 is 11.9 Å².